The van der Waals surface area contributed by atoms with E-state index in [9.17, 15) is 4.79 Å². The largest absolute Gasteiger partial charge is 0.447 e. The lowest BCUT2D eigenvalue weighted by Crippen LogP contribution is -2.36. The fraction of sp³-hybridized carbons (Fsp3) is 0.308. The van der Waals surface area contributed by atoms with Crippen molar-refractivity contribution >= 4 is 48.0 Å². The minimum absolute atomic E-state index is 0.123. The van der Waals surface area contributed by atoms with Gasteiger partial charge in [0.15, 0.2) is 5.13 Å². The van der Waals surface area contributed by atoms with E-state index in [-0.39, 0.29) is 5.91 Å². The van der Waals surface area contributed by atoms with Crippen molar-refractivity contribution in [3.8, 4) is 0 Å². The van der Waals surface area contributed by atoms with Crippen molar-refractivity contribution < 1.29 is 9.21 Å². The second-order valence-corrected chi connectivity index (χ2v) is 11.5. The van der Waals surface area contributed by atoms with Crippen LogP contribution in [0.15, 0.2) is 16.8 Å². The Labute approximate surface area is 122 Å². The topological polar surface area (TPSA) is 68.0 Å². The van der Waals surface area contributed by atoms with Gasteiger partial charge >= 0.3 is 0 Å². The molecule has 0 radical (unpaired) electrons. The fourth-order valence-corrected chi connectivity index (χ4v) is 3.06. The molecule has 2 rings (SSSR count). The van der Waals surface area contributed by atoms with Gasteiger partial charge in [0.25, 0.3) is 0 Å². The number of aromatic nitrogens is 2. The zero-order valence-corrected chi connectivity index (χ0v) is 13.7. The van der Waals surface area contributed by atoms with Crippen LogP contribution in [0, 0.1) is 0 Å². The average molecular weight is 307 g/mol. The summed E-state index contributed by atoms with van der Waals surface area (Å²) in [5.41, 5.74) is 0. The summed E-state index contributed by atoms with van der Waals surface area (Å²) < 4.78 is 5.72. The summed E-state index contributed by atoms with van der Waals surface area (Å²) in [6.45, 7) is 8.10. The first-order valence-electron chi connectivity index (χ1n) is 6.22. The van der Waals surface area contributed by atoms with E-state index in [0.29, 0.717) is 11.0 Å². The van der Waals surface area contributed by atoms with E-state index in [0.717, 1.165) is 10.3 Å². The lowest BCUT2D eigenvalue weighted by molar-refractivity contribution is -0.114. The van der Waals surface area contributed by atoms with Crippen LogP contribution in [0.1, 0.15) is 17.7 Å². The minimum Gasteiger partial charge on any atom is -0.447 e. The minimum atomic E-state index is -1.46. The summed E-state index contributed by atoms with van der Waals surface area (Å²) in [5.74, 6) is 0.472. The maximum Gasteiger partial charge on any atom is 0.223 e. The molecule has 2 heterocycles. The molecule has 0 bridgehead atoms. The molecule has 0 saturated heterocycles. The Morgan fingerprint density at radius 1 is 1.30 bits per heavy atom. The van der Waals surface area contributed by atoms with E-state index in [4.69, 9.17) is 4.42 Å². The van der Waals surface area contributed by atoms with Crippen molar-refractivity contribution in [3.63, 3.8) is 0 Å². The lowest BCUT2D eigenvalue weighted by atomic mass is 10.4. The van der Waals surface area contributed by atoms with E-state index < -0.39 is 8.07 Å². The first kappa shape index (κ1) is 14.7. The monoisotopic (exact) mass is 307 g/mol. The van der Waals surface area contributed by atoms with Crippen molar-refractivity contribution in [1.82, 2.24) is 9.97 Å². The average Bonchev–Trinajstić information content (AvgIpc) is 2.93. The van der Waals surface area contributed by atoms with Crippen LogP contribution in [0.25, 0.3) is 12.2 Å². The number of carbonyl (C=O) groups excluding carboxylic acids is 1. The molecule has 2 aromatic heterocycles. The number of hydrogen-bond donors (Lipinski definition) is 1. The summed E-state index contributed by atoms with van der Waals surface area (Å²) >= 11 is 1.40. The third-order valence-electron chi connectivity index (χ3n) is 2.46. The molecule has 0 saturated carbocycles. The second kappa shape index (κ2) is 5.72. The molecule has 20 heavy (non-hydrogen) atoms. The molecule has 0 aliphatic carbocycles. The molecule has 0 spiro atoms. The van der Waals surface area contributed by atoms with Crippen molar-refractivity contribution in [2.45, 2.75) is 26.6 Å². The number of anilines is 1. The maximum absolute atomic E-state index is 10.9. The Morgan fingerprint density at radius 2 is 2.05 bits per heavy atom. The highest BCUT2D eigenvalue weighted by Gasteiger charge is 2.21. The van der Waals surface area contributed by atoms with Crippen LogP contribution < -0.4 is 10.7 Å². The van der Waals surface area contributed by atoms with Gasteiger partial charge in [-0.3, -0.25) is 4.79 Å². The predicted octanol–water partition coefficient (Wildman–Crippen LogP) is 2.81. The van der Waals surface area contributed by atoms with Gasteiger partial charge in [0, 0.05) is 24.1 Å². The van der Waals surface area contributed by atoms with Crippen molar-refractivity contribution in [2.24, 2.45) is 0 Å². The number of nitrogens with zero attached hydrogens (tertiary/aromatic N) is 2. The smallest absolute Gasteiger partial charge is 0.223 e. The Hall–Kier alpha value is -1.73. The number of thiazole rings is 1. The van der Waals surface area contributed by atoms with Crippen molar-refractivity contribution in [2.75, 3.05) is 5.32 Å². The molecular weight excluding hydrogens is 290 g/mol. The first-order chi connectivity index (χ1) is 9.34. The van der Waals surface area contributed by atoms with Gasteiger partial charge in [0.1, 0.15) is 13.5 Å². The normalized spacial score (nSPS) is 12.0. The van der Waals surface area contributed by atoms with Gasteiger partial charge < -0.3 is 9.73 Å². The Morgan fingerprint density at radius 3 is 2.65 bits per heavy atom. The molecule has 0 atom stereocenters. The fourth-order valence-electron chi connectivity index (χ4n) is 1.44. The van der Waals surface area contributed by atoms with E-state index in [1.54, 1.807) is 12.4 Å². The molecule has 0 unspecified atom stereocenters. The van der Waals surface area contributed by atoms with Crippen molar-refractivity contribution in [1.29, 1.82) is 0 Å². The van der Waals surface area contributed by atoms with Gasteiger partial charge in [-0.05, 0) is 6.08 Å². The van der Waals surface area contributed by atoms with E-state index in [2.05, 4.69) is 34.9 Å². The molecule has 5 nitrogen and oxygen atoms in total. The summed E-state index contributed by atoms with van der Waals surface area (Å²) in [6.07, 6.45) is 7.20. The van der Waals surface area contributed by atoms with Crippen LogP contribution in [0.2, 0.25) is 19.6 Å². The third kappa shape index (κ3) is 3.88. The zero-order chi connectivity index (χ0) is 14.8. The molecular formula is C13H17N3O2SSi. The quantitative estimate of drug-likeness (QED) is 0.882. The number of nitrogens with one attached hydrogen (secondary N) is 1. The summed E-state index contributed by atoms with van der Waals surface area (Å²) in [7, 11) is -1.46. The number of carbonyl (C=O) groups is 1. The van der Waals surface area contributed by atoms with Crippen LogP contribution in [-0.2, 0) is 4.79 Å². The Kier molecular flexibility index (Phi) is 4.19. The van der Waals surface area contributed by atoms with Crippen LogP contribution >= 0.6 is 11.3 Å². The SMILES string of the molecule is CC(=O)Nc1ncc(C=Cc2ncc([Si](C)(C)C)o2)s1. The van der Waals surface area contributed by atoms with Crippen LogP contribution in [0.3, 0.4) is 0 Å². The number of rotatable bonds is 4. The first-order valence-corrected chi connectivity index (χ1v) is 10.5. The standard InChI is InChI=1S/C13H17N3O2SSi/c1-9(17)16-13-15-7-10(19-13)5-6-11-14-8-12(18-11)20(2,3)4/h5-8H,1-4H3,(H,15,16,17). The van der Waals surface area contributed by atoms with Gasteiger partial charge in [-0.1, -0.05) is 31.0 Å². The van der Waals surface area contributed by atoms with Crippen LogP contribution in [-0.4, -0.2) is 23.9 Å². The van der Waals surface area contributed by atoms with Gasteiger partial charge in [0.2, 0.25) is 11.8 Å². The summed E-state index contributed by atoms with van der Waals surface area (Å²) in [4.78, 5) is 20.2. The Balaban J connectivity index is 2.07. The molecule has 1 amide bonds. The lowest BCUT2D eigenvalue weighted by Gasteiger charge is -2.09. The highest BCUT2D eigenvalue weighted by Crippen LogP contribution is 2.20. The third-order valence-corrected chi connectivity index (χ3v) is 5.05. The van der Waals surface area contributed by atoms with Gasteiger partial charge in [-0.2, -0.15) is 0 Å². The summed E-state index contributed by atoms with van der Waals surface area (Å²) in [5, 5.41) is 4.23. The van der Waals surface area contributed by atoms with Gasteiger partial charge in [0.05, 0.1) is 6.20 Å². The highest BCUT2D eigenvalue weighted by atomic mass is 32.1. The number of amides is 1. The van der Waals surface area contributed by atoms with Crippen molar-refractivity contribution in [3.05, 3.63) is 23.2 Å². The Bertz CT molecular complexity index is 640. The zero-order valence-electron chi connectivity index (χ0n) is 11.9. The highest BCUT2D eigenvalue weighted by molar-refractivity contribution is 7.16. The summed E-state index contributed by atoms with van der Waals surface area (Å²) in [6, 6.07) is 0. The maximum atomic E-state index is 10.9. The molecule has 7 heteroatoms. The van der Waals surface area contributed by atoms with Gasteiger partial charge in [-0.15, -0.1) is 0 Å². The predicted molar refractivity (Wildman–Crippen MR) is 84.8 cm³/mol. The van der Waals surface area contributed by atoms with Crippen LogP contribution in [0.4, 0.5) is 5.13 Å². The molecule has 0 aliphatic rings. The molecule has 2 aromatic rings. The molecule has 1 N–H and O–H groups in total. The molecule has 0 fully saturated rings. The second-order valence-electron chi connectivity index (χ2n) is 5.40. The van der Waals surface area contributed by atoms with Gasteiger partial charge in [-0.25, -0.2) is 9.97 Å². The van der Waals surface area contributed by atoms with E-state index in [1.807, 2.05) is 12.2 Å². The molecule has 106 valence electrons. The molecule has 0 aliphatic heterocycles. The van der Waals surface area contributed by atoms with E-state index in [1.165, 1.54) is 18.3 Å². The molecule has 0 aromatic carbocycles. The number of oxazole rings is 1. The number of hydrogen-bond acceptors (Lipinski definition) is 5. The van der Waals surface area contributed by atoms with E-state index >= 15 is 0 Å². The van der Waals surface area contributed by atoms with Crippen LogP contribution in [0.5, 0.6) is 0 Å².